The van der Waals surface area contributed by atoms with Crippen LogP contribution in [0.5, 0.6) is 5.75 Å². The lowest BCUT2D eigenvalue weighted by Crippen LogP contribution is -2.16. The molecule has 5 aromatic rings. The molecule has 0 spiro atoms. The zero-order valence-corrected chi connectivity index (χ0v) is 19.3. The Hall–Kier alpha value is -3.91. The zero-order chi connectivity index (χ0) is 23.2. The van der Waals surface area contributed by atoms with E-state index in [4.69, 9.17) is 4.74 Å². The summed E-state index contributed by atoms with van der Waals surface area (Å²) in [6, 6.07) is 30.1. The lowest BCUT2D eigenvalue weighted by molar-refractivity contribution is -0.130. The molecule has 1 atom stereocenters. The summed E-state index contributed by atoms with van der Waals surface area (Å²) in [4.78, 5) is 12.5. The SMILES string of the molecule is C=C(C)C(=O)Oc1c(C2CCc3c(ccc4c3ccc3ccccc34)C2)ccc2ccccc12. The van der Waals surface area contributed by atoms with Gasteiger partial charge >= 0.3 is 5.97 Å². The molecule has 0 heterocycles. The van der Waals surface area contributed by atoms with Gasteiger partial charge in [0.05, 0.1) is 0 Å². The number of ether oxygens (including phenoxy) is 1. The largest absolute Gasteiger partial charge is 0.422 e. The van der Waals surface area contributed by atoms with Gasteiger partial charge in [-0.15, -0.1) is 0 Å². The van der Waals surface area contributed by atoms with Gasteiger partial charge < -0.3 is 4.74 Å². The molecule has 2 nitrogen and oxygen atoms in total. The van der Waals surface area contributed by atoms with Crippen LogP contribution in [-0.4, -0.2) is 5.97 Å². The molecule has 5 aromatic carbocycles. The van der Waals surface area contributed by atoms with E-state index in [1.807, 2.05) is 18.2 Å². The Bertz CT molecular complexity index is 1610. The van der Waals surface area contributed by atoms with Crippen LogP contribution in [-0.2, 0) is 17.6 Å². The van der Waals surface area contributed by atoms with Gasteiger partial charge in [0.2, 0.25) is 0 Å². The quantitative estimate of drug-likeness (QED) is 0.123. The molecule has 1 unspecified atom stereocenters. The fraction of sp³-hybridized carbons (Fsp3) is 0.156. The molecule has 0 saturated heterocycles. The van der Waals surface area contributed by atoms with Crippen molar-refractivity contribution in [3.63, 3.8) is 0 Å². The Morgan fingerprint density at radius 3 is 2.26 bits per heavy atom. The normalized spacial score (nSPS) is 15.4. The number of hydrogen-bond donors (Lipinski definition) is 0. The highest BCUT2D eigenvalue weighted by Gasteiger charge is 2.26. The third-order valence-corrected chi connectivity index (χ3v) is 7.24. The van der Waals surface area contributed by atoms with Crippen molar-refractivity contribution >= 4 is 38.3 Å². The van der Waals surface area contributed by atoms with Gasteiger partial charge in [-0.05, 0) is 75.7 Å². The lowest BCUT2D eigenvalue weighted by Gasteiger charge is -2.28. The number of aryl methyl sites for hydroxylation is 1. The fourth-order valence-electron chi connectivity index (χ4n) is 5.51. The van der Waals surface area contributed by atoms with Crippen molar-refractivity contribution in [2.75, 3.05) is 0 Å². The standard InChI is InChI=1S/C32H26O2/c1-20(2)32(33)34-31-27-10-6-4-8-22(27)11-16-28(31)24-13-15-26-23(19-24)14-18-29-25-9-5-3-7-21(25)12-17-30(26)29/h3-12,14,16-18,24H,1,13,15,19H2,2H3. The number of carbonyl (C=O) groups excluding carboxylic acids is 1. The van der Waals surface area contributed by atoms with Gasteiger partial charge in [-0.25, -0.2) is 4.79 Å². The minimum absolute atomic E-state index is 0.294. The maximum absolute atomic E-state index is 12.5. The molecule has 0 saturated carbocycles. The summed E-state index contributed by atoms with van der Waals surface area (Å²) in [6.07, 6.45) is 2.97. The Morgan fingerprint density at radius 1 is 0.794 bits per heavy atom. The molecule has 0 aliphatic heterocycles. The first-order valence-corrected chi connectivity index (χ1v) is 11.9. The molecule has 0 aromatic heterocycles. The minimum Gasteiger partial charge on any atom is -0.422 e. The topological polar surface area (TPSA) is 26.3 Å². The van der Waals surface area contributed by atoms with Crippen molar-refractivity contribution in [3.05, 3.63) is 114 Å². The van der Waals surface area contributed by atoms with E-state index >= 15 is 0 Å². The van der Waals surface area contributed by atoms with Crippen molar-refractivity contribution in [1.82, 2.24) is 0 Å². The number of benzene rings is 5. The Morgan fingerprint density at radius 2 is 1.47 bits per heavy atom. The van der Waals surface area contributed by atoms with E-state index in [0.717, 1.165) is 35.6 Å². The molecule has 1 aliphatic rings. The molecule has 6 rings (SSSR count). The summed E-state index contributed by atoms with van der Waals surface area (Å²) in [7, 11) is 0. The molecule has 34 heavy (non-hydrogen) atoms. The van der Waals surface area contributed by atoms with Gasteiger partial charge in [0.1, 0.15) is 5.75 Å². The lowest BCUT2D eigenvalue weighted by atomic mass is 9.77. The van der Waals surface area contributed by atoms with E-state index in [9.17, 15) is 4.79 Å². The molecular formula is C32H26O2. The Labute approximate surface area is 199 Å². The molecule has 0 N–H and O–H groups in total. The molecule has 0 amide bonds. The average molecular weight is 443 g/mol. The Balaban J connectivity index is 1.44. The van der Waals surface area contributed by atoms with E-state index in [0.29, 0.717) is 17.2 Å². The van der Waals surface area contributed by atoms with Crippen LogP contribution in [0.1, 0.15) is 36.0 Å². The van der Waals surface area contributed by atoms with Crippen LogP contribution in [0.4, 0.5) is 0 Å². The van der Waals surface area contributed by atoms with Crippen molar-refractivity contribution in [2.24, 2.45) is 0 Å². The Kier molecular flexibility index (Phi) is 4.95. The highest BCUT2D eigenvalue weighted by atomic mass is 16.5. The van der Waals surface area contributed by atoms with E-state index in [1.165, 1.54) is 32.7 Å². The number of esters is 1. The number of hydrogen-bond acceptors (Lipinski definition) is 2. The molecule has 0 bridgehead atoms. The smallest absolute Gasteiger partial charge is 0.338 e. The number of rotatable bonds is 3. The van der Waals surface area contributed by atoms with Crippen LogP contribution < -0.4 is 4.74 Å². The number of fused-ring (bicyclic) bond motifs is 6. The van der Waals surface area contributed by atoms with Crippen molar-refractivity contribution in [2.45, 2.75) is 32.1 Å². The first kappa shape index (κ1) is 20.7. The van der Waals surface area contributed by atoms with E-state index in [-0.39, 0.29) is 5.97 Å². The first-order valence-electron chi connectivity index (χ1n) is 11.9. The third-order valence-electron chi connectivity index (χ3n) is 7.24. The van der Waals surface area contributed by atoms with E-state index in [1.54, 1.807) is 6.92 Å². The summed E-state index contributed by atoms with van der Waals surface area (Å²) in [5.74, 6) is 0.612. The van der Waals surface area contributed by atoms with Gasteiger partial charge in [0.15, 0.2) is 0 Å². The fourth-order valence-corrected chi connectivity index (χ4v) is 5.51. The third kappa shape index (κ3) is 3.38. The second kappa shape index (κ2) is 8.14. The monoisotopic (exact) mass is 442 g/mol. The highest BCUT2D eigenvalue weighted by Crippen LogP contribution is 2.43. The van der Waals surface area contributed by atoms with Crippen molar-refractivity contribution in [1.29, 1.82) is 0 Å². The second-order valence-corrected chi connectivity index (χ2v) is 9.40. The van der Waals surface area contributed by atoms with Crippen molar-refractivity contribution in [3.8, 4) is 5.75 Å². The maximum Gasteiger partial charge on any atom is 0.338 e. The van der Waals surface area contributed by atoms with Gasteiger partial charge in [0, 0.05) is 11.0 Å². The van der Waals surface area contributed by atoms with Gasteiger partial charge in [-0.3, -0.25) is 0 Å². The second-order valence-electron chi connectivity index (χ2n) is 9.40. The predicted molar refractivity (Wildman–Crippen MR) is 141 cm³/mol. The van der Waals surface area contributed by atoms with Crippen molar-refractivity contribution < 1.29 is 9.53 Å². The van der Waals surface area contributed by atoms with Crippen LogP contribution in [0.25, 0.3) is 32.3 Å². The van der Waals surface area contributed by atoms with Gasteiger partial charge in [-0.2, -0.15) is 0 Å². The summed E-state index contributed by atoms with van der Waals surface area (Å²) in [5.41, 5.74) is 4.37. The summed E-state index contributed by atoms with van der Waals surface area (Å²) < 4.78 is 5.94. The molecule has 1 aliphatic carbocycles. The highest BCUT2D eigenvalue weighted by molar-refractivity contribution is 6.08. The molecule has 0 radical (unpaired) electrons. The van der Waals surface area contributed by atoms with Crippen LogP contribution in [0.15, 0.2) is 97.1 Å². The van der Waals surface area contributed by atoms with Gasteiger partial charge in [-0.1, -0.05) is 91.5 Å². The minimum atomic E-state index is -0.369. The van der Waals surface area contributed by atoms with Crippen LogP contribution in [0.2, 0.25) is 0 Å². The first-order chi connectivity index (χ1) is 16.6. The van der Waals surface area contributed by atoms with Crippen LogP contribution >= 0.6 is 0 Å². The molecule has 2 heteroatoms. The maximum atomic E-state index is 12.5. The average Bonchev–Trinajstić information content (AvgIpc) is 2.88. The van der Waals surface area contributed by atoms with Crippen LogP contribution in [0, 0.1) is 0 Å². The molecular weight excluding hydrogens is 416 g/mol. The molecule has 166 valence electrons. The molecule has 0 fully saturated rings. The summed E-state index contributed by atoms with van der Waals surface area (Å²) >= 11 is 0. The predicted octanol–water partition coefficient (Wildman–Crippen LogP) is 7.90. The van der Waals surface area contributed by atoms with Crippen LogP contribution in [0.3, 0.4) is 0 Å². The number of carbonyl (C=O) groups is 1. The summed E-state index contributed by atoms with van der Waals surface area (Å²) in [6.45, 7) is 5.47. The van der Waals surface area contributed by atoms with Gasteiger partial charge in [0.25, 0.3) is 0 Å². The van der Waals surface area contributed by atoms with E-state index < -0.39 is 0 Å². The zero-order valence-electron chi connectivity index (χ0n) is 19.3. The van der Waals surface area contributed by atoms with E-state index in [2.05, 4.69) is 73.3 Å². The summed E-state index contributed by atoms with van der Waals surface area (Å²) in [5, 5.41) is 7.34.